The fourth-order valence-electron chi connectivity index (χ4n) is 9.03. The number of pyridine rings is 1. The Labute approximate surface area is 270 Å². The van der Waals surface area contributed by atoms with Crippen LogP contribution in [-0.2, 0) is 11.3 Å². The van der Waals surface area contributed by atoms with Gasteiger partial charge in [-0.2, -0.15) is 5.10 Å². The summed E-state index contributed by atoms with van der Waals surface area (Å²) in [6.07, 6.45) is 6.99. The molecule has 1 unspecified atom stereocenters. The summed E-state index contributed by atoms with van der Waals surface area (Å²) in [4.78, 5) is 32.5. The number of carbonyl (C=O) groups is 2. The first-order valence-corrected chi connectivity index (χ1v) is 17.0. The number of likely N-dealkylation sites (tertiary alicyclic amines) is 2. The van der Waals surface area contributed by atoms with Crippen molar-refractivity contribution in [3.63, 3.8) is 0 Å². The number of aliphatic hydroxyl groups is 1. The Morgan fingerprint density at radius 2 is 1.61 bits per heavy atom. The molecule has 0 radical (unpaired) electrons. The lowest BCUT2D eigenvalue weighted by molar-refractivity contribution is -0.149. The zero-order chi connectivity index (χ0) is 31.3. The van der Waals surface area contributed by atoms with Crippen LogP contribution in [-0.4, -0.2) is 74.7 Å². The standard InChI is InChI=1S/C38H43N5O3/c44-33-14-17-42(25-38(33)15-19-41(20-16-38)24-26-7-3-1-4-8-26)37(46)34-29-11-12-30(21-29)35(34)39-36(45)32-23-31-22-28(13-18-43(31)40-32)27-9-5-2-6-10-27/h1-10,13,18,22-23,29-30,33-35,44H,11-12,14-17,19-21,24-25H2,(H,39,45)/t29-,30+,33?,34+,35-/m1/s1. The quantitative estimate of drug-likeness (QED) is 0.317. The van der Waals surface area contributed by atoms with Crippen molar-refractivity contribution < 1.29 is 14.7 Å². The van der Waals surface area contributed by atoms with Crippen LogP contribution in [0.2, 0.25) is 0 Å². The SMILES string of the molecule is O=C(N[C@@H]1[C@H]2CC[C@H](C2)[C@@H]1C(=O)N1CCC(O)C2(CCN(Cc3ccccc3)CC2)C1)c1cc2cc(-c3ccccc3)ccn2n1. The number of fused-ring (bicyclic) bond motifs is 3. The van der Waals surface area contributed by atoms with Crippen LogP contribution in [0.5, 0.6) is 0 Å². The summed E-state index contributed by atoms with van der Waals surface area (Å²) in [5, 5.41) is 19.1. The number of hydrogen-bond donors (Lipinski definition) is 2. The Bertz CT molecular complexity index is 1710. The lowest BCUT2D eigenvalue weighted by atomic mass is 9.70. The molecule has 4 aliphatic rings. The average Bonchev–Trinajstić information content (AvgIpc) is 3.83. The van der Waals surface area contributed by atoms with E-state index in [9.17, 15) is 14.7 Å². The van der Waals surface area contributed by atoms with Gasteiger partial charge in [0.1, 0.15) is 0 Å². The predicted octanol–water partition coefficient (Wildman–Crippen LogP) is 5.02. The second kappa shape index (κ2) is 12.0. The van der Waals surface area contributed by atoms with Crippen LogP contribution >= 0.6 is 0 Å². The molecule has 2 amide bonds. The molecular formula is C38H43N5O3. The first kappa shape index (κ1) is 29.4. The molecule has 2 bridgehead atoms. The fourth-order valence-corrected chi connectivity index (χ4v) is 9.03. The molecule has 2 saturated heterocycles. The van der Waals surface area contributed by atoms with Crippen LogP contribution in [0.1, 0.15) is 54.6 Å². The van der Waals surface area contributed by atoms with Crippen molar-refractivity contribution in [3.8, 4) is 11.1 Å². The van der Waals surface area contributed by atoms with Crippen LogP contribution in [0.3, 0.4) is 0 Å². The zero-order valence-corrected chi connectivity index (χ0v) is 26.3. The van der Waals surface area contributed by atoms with Gasteiger partial charge in [0.15, 0.2) is 5.69 Å². The number of amides is 2. The summed E-state index contributed by atoms with van der Waals surface area (Å²) in [6.45, 7) is 3.96. The zero-order valence-electron chi connectivity index (χ0n) is 26.3. The Kier molecular flexibility index (Phi) is 7.65. The van der Waals surface area contributed by atoms with Crippen molar-refractivity contribution >= 4 is 17.3 Å². The van der Waals surface area contributed by atoms with Crippen molar-refractivity contribution in [1.82, 2.24) is 24.7 Å². The lowest BCUT2D eigenvalue weighted by Gasteiger charge is -2.51. The van der Waals surface area contributed by atoms with Crippen LogP contribution in [0.25, 0.3) is 16.6 Å². The minimum atomic E-state index is -0.386. The van der Waals surface area contributed by atoms with E-state index in [0.717, 1.165) is 68.4 Å². The number of benzene rings is 2. The van der Waals surface area contributed by atoms with Gasteiger partial charge in [0.25, 0.3) is 5.91 Å². The van der Waals surface area contributed by atoms with Crippen molar-refractivity contribution in [1.29, 1.82) is 0 Å². The molecule has 2 aromatic heterocycles. The summed E-state index contributed by atoms with van der Waals surface area (Å²) in [5.41, 5.74) is 4.48. The molecule has 4 heterocycles. The molecule has 46 heavy (non-hydrogen) atoms. The molecule has 8 nitrogen and oxygen atoms in total. The molecule has 2 N–H and O–H groups in total. The maximum atomic E-state index is 14.3. The van der Waals surface area contributed by atoms with Crippen molar-refractivity contribution in [3.05, 3.63) is 96.3 Å². The highest BCUT2D eigenvalue weighted by atomic mass is 16.3. The van der Waals surface area contributed by atoms with E-state index >= 15 is 0 Å². The Hall–Kier alpha value is -4.01. The number of rotatable bonds is 6. The minimum Gasteiger partial charge on any atom is -0.392 e. The molecule has 8 heteroatoms. The molecule has 4 aromatic rings. The maximum absolute atomic E-state index is 14.3. The molecular weight excluding hydrogens is 574 g/mol. The molecule has 8 rings (SSSR count). The van der Waals surface area contributed by atoms with Gasteiger partial charge in [0, 0.05) is 37.3 Å². The third kappa shape index (κ3) is 5.41. The summed E-state index contributed by atoms with van der Waals surface area (Å²) in [7, 11) is 0. The molecule has 2 aliphatic carbocycles. The summed E-state index contributed by atoms with van der Waals surface area (Å²) >= 11 is 0. The summed E-state index contributed by atoms with van der Waals surface area (Å²) in [5.74, 6) is 0.354. The van der Waals surface area contributed by atoms with E-state index in [2.05, 4.69) is 57.8 Å². The number of aromatic nitrogens is 2. The van der Waals surface area contributed by atoms with Gasteiger partial charge in [0.2, 0.25) is 5.91 Å². The highest BCUT2D eigenvalue weighted by molar-refractivity contribution is 5.94. The number of piperidine rings is 2. The minimum absolute atomic E-state index is 0.165. The third-order valence-electron chi connectivity index (χ3n) is 11.6. The van der Waals surface area contributed by atoms with Crippen LogP contribution in [0.4, 0.5) is 0 Å². The van der Waals surface area contributed by atoms with Crippen LogP contribution < -0.4 is 5.32 Å². The number of hydrogen-bond acceptors (Lipinski definition) is 5. The van der Waals surface area contributed by atoms with Gasteiger partial charge in [0.05, 0.1) is 17.5 Å². The van der Waals surface area contributed by atoms with Crippen molar-refractivity contribution in [2.45, 2.75) is 57.2 Å². The first-order valence-electron chi connectivity index (χ1n) is 17.0. The van der Waals surface area contributed by atoms with E-state index in [1.54, 1.807) is 4.52 Å². The summed E-state index contributed by atoms with van der Waals surface area (Å²) < 4.78 is 1.74. The number of nitrogens with one attached hydrogen (secondary N) is 1. The highest BCUT2D eigenvalue weighted by Gasteiger charge is 2.54. The van der Waals surface area contributed by atoms with Gasteiger partial charge in [-0.25, -0.2) is 4.52 Å². The van der Waals surface area contributed by atoms with E-state index in [4.69, 9.17) is 0 Å². The Morgan fingerprint density at radius 1 is 0.870 bits per heavy atom. The summed E-state index contributed by atoms with van der Waals surface area (Å²) in [6, 6.07) is 26.4. The van der Waals surface area contributed by atoms with E-state index in [-0.39, 0.29) is 35.3 Å². The normalized spacial score (nSPS) is 27.3. The van der Waals surface area contributed by atoms with E-state index in [0.29, 0.717) is 37.0 Å². The fraction of sp³-hybridized carbons (Fsp3) is 0.447. The highest BCUT2D eigenvalue weighted by Crippen LogP contribution is 2.50. The van der Waals surface area contributed by atoms with Gasteiger partial charge < -0.3 is 15.3 Å². The Balaban J connectivity index is 0.953. The molecule has 5 atom stereocenters. The number of nitrogens with zero attached hydrogens (tertiary/aromatic N) is 4. The molecule has 1 spiro atoms. The van der Waals surface area contributed by atoms with Gasteiger partial charge in [-0.1, -0.05) is 60.7 Å². The van der Waals surface area contributed by atoms with Crippen LogP contribution in [0.15, 0.2) is 85.1 Å². The second-order valence-electron chi connectivity index (χ2n) is 14.2. The number of aliphatic hydroxyl groups excluding tert-OH is 1. The molecule has 238 valence electrons. The predicted molar refractivity (Wildman–Crippen MR) is 177 cm³/mol. The largest absolute Gasteiger partial charge is 0.392 e. The van der Waals surface area contributed by atoms with Gasteiger partial charge >= 0.3 is 0 Å². The third-order valence-corrected chi connectivity index (χ3v) is 11.6. The van der Waals surface area contributed by atoms with E-state index < -0.39 is 0 Å². The van der Waals surface area contributed by atoms with Gasteiger partial charge in [-0.05, 0) is 98.3 Å². The smallest absolute Gasteiger partial charge is 0.272 e. The molecule has 2 aromatic carbocycles. The second-order valence-corrected chi connectivity index (χ2v) is 14.2. The van der Waals surface area contributed by atoms with Gasteiger partial charge in [-0.15, -0.1) is 0 Å². The molecule has 2 aliphatic heterocycles. The van der Waals surface area contributed by atoms with Crippen LogP contribution in [0, 0.1) is 23.2 Å². The van der Waals surface area contributed by atoms with Crippen molar-refractivity contribution in [2.24, 2.45) is 23.2 Å². The molecule has 2 saturated carbocycles. The molecule has 4 fully saturated rings. The number of carbonyl (C=O) groups excluding carboxylic acids is 2. The maximum Gasteiger partial charge on any atom is 0.272 e. The van der Waals surface area contributed by atoms with E-state index in [1.807, 2.05) is 47.5 Å². The van der Waals surface area contributed by atoms with Crippen molar-refractivity contribution in [2.75, 3.05) is 26.2 Å². The monoisotopic (exact) mass is 617 g/mol. The first-order chi connectivity index (χ1) is 22.5. The topological polar surface area (TPSA) is 90.2 Å². The lowest BCUT2D eigenvalue weighted by Crippen LogP contribution is -2.60. The average molecular weight is 618 g/mol. The van der Waals surface area contributed by atoms with Gasteiger partial charge in [-0.3, -0.25) is 14.5 Å². The Morgan fingerprint density at radius 3 is 2.39 bits per heavy atom. The van der Waals surface area contributed by atoms with E-state index in [1.165, 1.54) is 5.56 Å².